The minimum Gasteiger partial charge on any atom is -0.496 e. The highest BCUT2D eigenvalue weighted by Gasteiger charge is 2.23. The van der Waals surface area contributed by atoms with Crippen LogP contribution in [0.2, 0.25) is 0 Å². The van der Waals surface area contributed by atoms with Crippen LogP contribution in [0.3, 0.4) is 0 Å². The summed E-state index contributed by atoms with van der Waals surface area (Å²) < 4.78 is 13.1. The Labute approximate surface area is 207 Å². The molecular weight excluding hydrogens is 468 g/mol. The van der Waals surface area contributed by atoms with Crippen LogP contribution in [0.4, 0.5) is 0 Å². The van der Waals surface area contributed by atoms with Gasteiger partial charge in [-0.05, 0) is 61.7 Å². The first-order valence-corrected chi connectivity index (χ1v) is 12.7. The van der Waals surface area contributed by atoms with E-state index in [1.807, 2.05) is 84.5 Å². The molecule has 7 nitrogen and oxygen atoms in total. The van der Waals surface area contributed by atoms with E-state index in [-0.39, 0.29) is 11.2 Å². The second-order valence-electron chi connectivity index (χ2n) is 7.33. The number of carbonyl (C=O) groups is 1. The van der Waals surface area contributed by atoms with Crippen molar-refractivity contribution in [3.63, 3.8) is 0 Å². The van der Waals surface area contributed by atoms with E-state index in [0.29, 0.717) is 29.9 Å². The highest BCUT2D eigenvalue weighted by Crippen LogP contribution is 2.34. The van der Waals surface area contributed by atoms with Crippen molar-refractivity contribution < 1.29 is 14.3 Å². The third-order valence-electron chi connectivity index (χ3n) is 5.06. The first kappa shape index (κ1) is 23.8. The number of aromatic nitrogens is 3. The molecule has 0 saturated carbocycles. The van der Waals surface area contributed by atoms with Crippen LogP contribution in [0, 0.1) is 0 Å². The Bertz CT molecular complexity index is 1220. The Morgan fingerprint density at radius 2 is 1.91 bits per heavy atom. The lowest BCUT2D eigenvalue weighted by atomic mass is 10.2. The van der Waals surface area contributed by atoms with Crippen LogP contribution in [0.5, 0.6) is 11.5 Å². The number of benzene rings is 2. The standard InChI is InChI=1S/C25H26N4O3S2/c1-4-32-19-13-11-18(12-14-19)29-23(21-9-5-6-10-22(21)31-3)27-28-25(29)34-17(2)24(30)26-16-20-8-7-15-33-20/h5-15,17H,4,16H2,1-3H3,(H,26,30). The molecule has 0 spiro atoms. The van der Waals surface area contributed by atoms with Gasteiger partial charge in [-0.3, -0.25) is 9.36 Å². The number of thioether (sulfide) groups is 1. The van der Waals surface area contributed by atoms with Gasteiger partial charge in [0.15, 0.2) is 11.0 Å². The third kappa shape index (κ3) is 5.43. The fourth-order valence-corrected chi connectivity index (χ4v) is 4.92. The van der Waals surface area contributed by atoms with E-state index >= 15 is 0 Å². The van der Waals surface area contributed by atoms with Crippen LogP contribution < -0.4 is 14.8 Å². The second-order valence-corrected chi connectivity index (χ2v) is 9.67. The minimum absolute atomic E-state index is 0.0570. The van der Waals surface area contributed by atoms with E-state index in [1.165, 1.54) is 11.8 Å². The summed E-state index contributed by atoms with van der Waals surface area (Å²) in [5, 5.41) is 14.2. The predicted molar refractivity (Wildman–Crippen MR) is 136 cm³/mol. The van der Waals surface area contributed by atoms with Gasteiger partial charge in [-0.25, -0.2) is 0 Å². The molecule has 1 amide bonds. The fourth-order valence-electron chi connectivity index (χ4n) is 3.38. The number of carbonyl (C=O) groups excluding carboxylic acids is 1. The Morgan fingerprint density at radius 1 is 1.12 bits per heavy atom. The first-order valence-electron chi connectivity index (χ1n) is 10.9. The molecule has 0 aliphatic rings. The van der Waals surface area contributed by atoms with Crippen molar-refractivity contribution >= 4 is 29.0 Å². The maximum absolute atomic E-state index is 12.8. The summed E-state index contributed by atoms with van der Waals surface area (Å²) in [6.45, 7) is 4.93. The van der Waals surface area contributed by atoms with Gasteiger partial charge in [0.2, 0.25) is 5.91 Å². The zero-order valence-electron chi connectivity index (χ0n) is 19.2. The summed E-state index contributed by atoms with van der Waals surface area (Å²) in [5.74, 6) is 2.06. The summed E-state index contributed by atoms with van der Waals surface area (Å²) in [7, 11) is 1.63. The van der Waals surface area contributed by atoms with Crippen LogP contribution in [0.15, 0.2) is 71.2 Å². The average molecular weight is 495 g/mol. The zero-order chi connectivity index (χ0) is 23.9. The maximum atomic E-state index is 12.8. The molecule has 2 heterocycles. The molecule has 34 heavy (non-hydrogen) atoms. The number of rotatable bonds is 10. The molecule has 0 fully saturated rings. The zero-order valence-corrected chi connectivity index (χ0v) is 20.9. The Hall–Kier alpha value is -3.30. The van der Waals surface area contributed by atoms with Gasteiger partial charge in [0.1, 0.15) is 11.5 Å². The molecule has 0 bridgehead atoms. The van der Waals surface area contributed by atoms with Crippen LogP contribution >= 0.6 is 23.1 Å². The van der Waals surface area contributed by atoms with E-state index in [0.717, 1.165) is 21.9 Å². The molecule has 0 aliphatic heterocycles. The number of hydrogen-bond donors (Lipinski definition) is 1. The summed E-state index contributed by atoms with van der Waals surface area (Å²) in [6, 6.07) is 19.4. The quantitative estimate of drug-likeness (QED) is 0.305. The maximum Gasteiger partial charge on any atom is 0.233 e. The molecule has 1 atom stereocenters. The Morgan fingerprint density at radius 3 is 2.62 bits per heavy atom. The van der Waals surface area contributed by atoms with Crippen LogP contribution in [-0.2, 0) is 11.3 Å². The van der Waals surface area contributed by atoms with Crippen molar-refractivity contribution in [3.8, 4) is 28.6 Å². The molecule has 9 heteroatoms. The third-order valence-corrected chi connectivity index (χ3v) is 6.97. The lowest BCUT2D eigenvalue weighted by Gasteiger charge is -2.15. The molecule has 4 rings (SSSR count). The molecule has 2 aromatic carbocycles. The number of ether oxygens (including phenoxy) is 2. The van der Waals surface area contributed by atoms with Crippen molar-refractivity contribution in [2.24, 2.45) is 0 Å². The number of nitrogens with one attached hydrogen (secondary N) is 1. The highest BCUT2D eigenvalue weighted by atomic mass is 32.2. The predicted octanol–water partition coefficient (Wildman–Crippen LogP) is 5.20. The van der Waals surface area contributed by atoms with E-state index < -0.39 is 0 Å². The SMILES string of the molecule is CCOc1ccc(-n2c(SC(C)C(=O)NCc3cccs3)nnc2-c2ccccc2OC)cc1. The van der Waals surface area contributed by atoms with Crippen LogP contribution in [0.1, 0.15) is 18.7 Å². The average Bonchev–Trinajstić information content (AvgIpc) is 3.53. The molecule has 0 radical (unpaired) electrons. The van der Waals surface area contributed by atoms with Crippen molar-refractivity contribution in [3.05, 3.63) is 70.9 Å². The van der Waals surface area contributed by atoms with Gasteiger partial charge < -0.3 is 14.8 Å². The van der Waals surface area contributed by atoms with Gasteiger partial charge in [0.05, 0.1) is 36.8 Å². The minimum atomic E-state index is -0.365. The van der Waals surface area contributed by atoms with Crippen molar-refractivity contribution in [1.82, 2.24) is 20.1 Å². The molecular formula is C25H26N4O3S2. The number of thiophene rings is 1. The molecule has 0 saturated heterocycles. The summed E-state index contributed by atoms with van der Waals surface area (Å²) in [4.78, 5) is 13.9. The van der Waals surface area contributed by atoms with Gasteiger partial charge in [-0.1, -0.05) is 30.0 Å². The number of para-hydroxylation sites is 1. The van der Waals surface area contributed by atoms with Gasteiger partial charge >= 0.3 is 0 Å². The van der Waals surface area contributed by atoms with Gasteiger partial charge in [-0.15, -0.1) is 21.5 Å². The molecule has 4 aromatic rings. The number of nitrogens with zero attached hydrogens (tertiary/aromatic N) is 3. The summed E-state index contributed by atoms with van der Waals surface area (Å²) in [6.07, 6.45) is 0. The molecule has 176 valence electrons. The second kappa shape index (κ2) is 11.2. The van der Waals surface area contributed by atoms with Crippen molar-refractivity contribution in [2.45, 2.75) is 30.8 Å². The topological polar surface area (TPSA) is 78.3 Å². The van der Waals surface area contributed by atoms with Crippen molar-refractivity contribution in [1.29, 1.82) is 0 Å². The van der Waals surface area contributed by atoms with E-state index in [2.05, 4.69) is 15.5 Å². The monoisotopic (exact) mass is 494 g/mol. The molecule has 1 unspecified atom stereocenters. The number of hydrogen-bond acceptors (Lipinski definition) is 7. The highest BCUT2D eigenvalue weighted by molar-refractivity contribution is 8.00. The van der Waals surface area contributed by atoms with Gasteiger partial charge in [0, 0.05) is 4.88 Å². The lowest BCUT2D eigenvalue weighted by molar-refractivity contribution is -0.120. The fraction of sp³-hybridized carbons (Fsp3) is 0.240. The lowest BCUT2D eigenvalue weighted by Crippen LogP contribution is -2.30. The van der Waals surface area contributed by atoms with Crippen LogP contribution in [-0.4, -0.2) is 39.6 Å². The van der Waals surface area contributed by atoms with Crippen molar-refractivity contribution in [2.75, 3.05) is 13.7 Å². The van der Waals surface area contributed by atoms with Gasteiger partial charge in [-0.2, -0.15) is 0 Å². The Kier molecular flexibility index (Phi) is 7.87. The largest absolute Gasteiger partial charge is 0.496 e. The normalized spacial score (nSPS) is 11.7. The van der Waals surface area contributed by atoms with E-state index in [9.17, 15) is 4.79 Å². The van der Waals surface area contributed by atoms with Gasteiger partial charge in [0.25, 0.3) is 0 Å². The molecule has 1 N–H and O–H groups in total. The molecule has 0 aliphatic carbocycles. The Balaban J connectivity index is 1.65. The first-order chi connectivity index (χ1) is 16.6. The van der Waals surface area contributed by atoms with E-state index in [4.69, 9.17) is 9.47 Å². The summed E-state index contributed by atoms with van der Waals surface area (Å²) in [5.41, 5.74) is 1.68. The number of amides is 1. The summed E-state index contributed by atoms with van der Waals surface area (Å²) >= 11 is 2.98. The number of methoxy groups -OCH3 is 1. The smallest absolute Gasteiger partial charge is 0.233 e. The molecule has 2 aromatic heterocycles. The van der Waals surface area contributed by atoms with E-state index in [1.54, 1.807) is 18.4 Å². The van der Waals surface area contributed by atoms with Crippen LogP contribution in [0.25, 0.3) is 17.1 Å².